The van der Waals surface area contributed by atoms with Gasteiger partial charge in [-0.15, -0.1) is 0 Å². The highest BCUT2D eigenvalue weighted by atomic mass is 16.3. The number of para-hydroxylation sites is 1. The summed E-state index contributed by atoms with van der Waals surface area (Å²) in [6.07, 6.45) is -0.0737. The van der Waals surface area contributed by atoms with E-state index < -0.39 is 0 Å². The molecule has 0 radical (unpaired) electrons. The smallest absolute Gasteiger partial charge is 0.224 e. The second-order valence-electron chi connectivity index (χ2n) is 6.36. The number of nitrogens with zero attached hydrogens (tertiary/aromatic N) is 2. The van der Waals surface area contributed by atoms with Crippen LogP contribution in [-0.4, -0.2) is 46.5 Å². The summed E-state index contributed by atoms with van der Waals surface area (Å²) in [5.41, 5.74) is 3.80. The van der Waals surface area contributed by atoms with E-state index in [1.807, 2.05) is 48.9 Å². The number of benzene rings is 1. The maximum absolute atomic E-state index is 12.3. The quantitative estimate of drug-likeness (QED) is 0.756. The molecule has 6 nitrogen and oxygen atoms in total. The van der Waals surface area contributed by atoms with E-state index >= 15 is 0 Å². The Bertz CT molecular complexity index is 711. The summed E-state index contributed by atoms with van der Waals surface area (Å²) >= 11 is 0. The first-order valence-electron chi connectivity index (χ1n) is 8.32. The zero-order valence-corrected chi connectivity index (χ0v) is 14.1. The van der Waals surface area contributed by atoms with Gasteiger partial charge in [0, 0.05) is 36.8 Å². The van der Waals surface area contributed by atoms with Crippen molar-refractivity contribution in [1.29, 1.82) is 0 Å². The number of aliphatic hydroxyl groups is 1. The van der Waals surface area contributed by atoms with E-state index in [1.54, 1.807) is 0 Å². The van der Waals surface area contributed by atoms with Crippen LogP contribution in [0.2, 0.25) is 0 Å². The first-order valence-corrected chi connectivity index (χ1v) is 8.32. The van der Waals surface area contributed by atoms with Crippen molar-refractivity contribution in [2.75, 3.05) is 19.6 Å². The molecule has 0 spiro atoms. The van der Waals surface area contributed by atoms with Crippen molar-refractivity contribution in [3.8, 4) is 5.69 Å². The van der Waals surface area contributed by atoms with E-state index in [2.05, 4.69) is 15.7 Å². The molecule has 2 unspecified atom stereocenters. The van der Waals surface area contributed by atoms with Crippen molar-refractivity contribution >= 4 is 5.91 Å². The fourth-order valence-electron chi connectivity index (χ4n) is 3.15. The zero-order chi connectivity index (χ0) is 17.1. The lowest BCUT2D eigenvalue weighted by atomic mass is 10.1. The number of nitrogens with one attached hydrogen (secondary N) is 2. The normalized spacial score (nSPS) is 20.3. The Morgan fingerprint density at radius 1 is 1.33 bits per heavy atom. The third-order valence-electron chi connectivity index (χ3n) is 4.64. The van der Waals surface area contributed by atoms with Gasteiger partial charge in [-0.3, -0.25) is 4.79 Å². The molecule has 1 fully saturated rings. The number of aromatic nitrogens is 2. The van der Waals surface area contributed by atoms with Gasteiger partial charge >= 0.3 is 0 Å². The van der Waals surface area contributed by atoms with Crippen LogP contribution in [0.25, 0.3) is 5.69 Å². The van der Waals surface area contributed by atoms with E-state index in [9.17, 15) is 9.90 Å². The molecule has 6 heteroatoms. The van der Waals surface area contributed by atoms with Crippen LogP contribution >= 0.6 is 0 Å². The second kappa shape index (κ2) is 7.15. The van der Waals surface area contributed by atoms with E-state index in [0.29, 0.717) is 19.5 Å². The predicted octanol–water partition coefficient (Wildman–Crippen LogP) is 0.728. The van der Waals surface area contributed by atoms with Crippen LogP contribution in [0.15, 0.2) is 30.3 Å². The molecule has 2 atom stereocenters. The molecule has 2 heterocycles. The van der Waals surface area contributed by atoms with Crippen LogP contribution in [-0.2, 0) is 11.2 Å². The van der Waals surface area contributed by atoms with Crippen LogP contribution in [0, 0.1) is 19.8 Å². The first-order chi connectivity index (χ1) is 11.6. The van der Waals surface area contributed by atoms with E-state index in [4.69, 9.17) is 0 Å². The Labute approximate surface area is 141 Å². The fraction of sp³-hybridized carbons (Fsp3) is 0.444. The summed E-state index contributed by atoms with van der Waals surface area (Å²) in [4.78, 5) is 12.3. The molecule has 1 aromatic carbocycles. The van der Waals surface area contributed by atoms with Crippen LogP contribution < -0.4 is 10.6 Å². The number of β-amino-alcohol motifs (C(OH)–C–C–N with tert-alkyl or cyclic N) is 1. The average molecular weight is 328 g/mol. The molecular weight excluding hydrogens is 304 g/mol. The highest BCUT2D eigenvalue weighted by molar-refractivity contribution is 5.79. The highest BCUT2D eigenvalue weighted by Gasteiger charge is 2.25. The summed E-state index contributed by atoms with van der Waals surface area (Å²) in [6.45, 7) is 5.76. The summed E-state index contributed by atoms with van der Waals surface area (Å²) in [6, 6.07) is 9.91. The summed E-state index contributed by atoms with van der Waals surface area (Å²) in [7, 11) is 0. The van der Waals surface area contributed by atoms with Gasteiger partial charge in [0.2, 0.25) is 5.91 Å². The largest absolute Gasteiger partial charge is 0.391 e. The van der Waals surface area contributed by atoms with Gasteiger partial charge in [-0.25, -0.2) is 4.68 Å². The monoisotopic (exact) mass is 328 g/mol. The Hall–Kier alpha value is -2.18. The lowest BCUT2D eigenvalue weighted by Gasteiger charge is -2.14. The number of amides is 1. The number of aliphatic hydroxyl groups excluding tert-OH is 1. The summed E-state index contributed by atoms with van der Waals surface area (Å²) in [5.74, 6) is 0.0519. The van der Waals surface area contributed by atoms with Crippen molar-refractivity contribution in [2.45, 2.75) is 26.4 Å². The van der Waals surface area contributed by atoms with Gasteiger partial charge in [0.15, 0.2) is 0 Å². The van der Waals surface area contributed by atoms with Gasteiger partial charge in [-0.1, -0.05) is 18.2 Å². The first kappa shape index (κ1) is 16.7. The molecule has 0 aliphatic carbocycles. The Kier molecular flexibility index (Phi) is 4.97. The van der Waals surface area contributed by atoms with Crippen LogP contribution in [0.3, 0.4) is 0 Å². The number of hydrogen-bond acceptors (Lipinski definition) is 4. The maximum atomic E-state index is 12.3. The van der Waals surface area contributed by atoms with Crippen LogP contribution in [0.5, 0.6) is 0 Å². The van der Waals surface area contributed by atoms with Gasteiger partial charge in [0.1, 0.15) is 0 Å². The third-order valence-corrected chi connectivity index (χ3v) is 4.64. The topological polar surface area (TPSA) is 79.2 Å². The summed E-state index contributed by atoms with van der Waals surface area (Å²) in [5, 5.41) is 20.4. The highest BCUT2D eigenvalue weighted by Crippen LogP contribution is 2.18. The van der Waals surface area contributed by atoms with Gasteiger partial charge in [0.25, 0.3) is 0 Å². The number of carbonyl (C=O) groups excluding carboxylic acids is 1. The summed E-state index contributed by atoms with van der Waals surface area (Å²) < 4.78 is 1.88. The van der Waals surface area contributed by atoms with Crippen molar-refractivity contribution in [3.63, 3.8) is 0 Å². The van der Waals surface area contributed by atoms with E-state index in [0.717, 1.165) is 29.2 Å². The lowest BCUT2D eigenvalue weighted by molar-refractivity contribution is -0.120. The Balaban J connectivity index is 1.67. The van der Waals surface area contributed by atoms with Gasteiger partial charge in [-0.05, 0) is 26.0 Å². The molecule has 1 aromatic heterocycles. The molecule has 0 bridgehead atoms. The average Bonchev–Trinajstić information content (AvgIpc) is 3.11. The molecular formula is C18H24N4O2. The second-order valence-corrected chi connectivity index (χ2v) is 6.36. The van der Waals surface area contributed by atoms with E-state index in [1.165, 1.54) is 0 Å². The molecule has 0 saturated carbocycles. The minimum Gasteiger partial charge on any atom is -0.391 e. The van der Waals surface area contributed by atoms with Crippen LogP contribution in [0.1, 0.15) is 17.0 Å². The SMILES string of the molecule is Cc1nn(-c2ccccc2)c(C)c1CC(=O)NCC1CNCC1O. The van der Waals surface area contributed by atoms with Crippen molar-refractivity contribution in [3.05, 3.63) is 47.3 Å². The van der Waals surface area contributed by atoms with Crippen molar-refractivity contribution in [2.24, 2.45) is 5.92 Å². The van der Waals surface area contributed by atoms with E-state index in [-0.39, 0.29) is 17.9 Å². The zero-order valence-electron chi connectivity index (χ0n) is 14.1. The Morgan fingerprint density at radius 3 is 2.75 bits per heavy atom. The molecule has 3 rings (SSSR count). The molecule has 2 aromatic rings. The van der Waals surface area contributed by atoms with Crippen molar-refractivity contribution in [1.82, 2.24) is 20.4 Å². The van der Waals surface area contributed by atoms with Crippen molar-refractivity contribution < 1.29 is 9.90 Å². The maximum Gasteiger partial charge on any atom is 0.224 e. The van der Waals surface area contributed by atoms with Gasteiger partial charge in [-0.2, -0.15) is 5.10 Å². The molecule has 128 valence electrons. The molecule has 24 heavy (non-hydrogen) atoms. The molecule has 1 aliphatic heterocycles. The standard InChI is InChI=1S/C18H24N4O2/c1-12-16(8-18(24)20-10-14-9-19-11-17(14)23)13(2)22(21-12)15-6-4-3-5-7-15/h3-7,14,17,19,23H,8-11H2,1-2H3,(H,20,24). The van der Waals surface area contributed by atoms with Gasteiger partial charge < -0.3 is 15.7 Å². The molecule has 1 aliphatic rings. The fourth-order valence-corrected chi connectivity index (χ4v) is 3.15. The number of hydrogen-bond donors (Lipinski definition) is 3. The minimum atomic E-state index is -0.380. The lowest BCUT2D eigenvalue weighted by Crippen LogP contribution is -2.35. The van der Waals surface area contributed by atoms with Gasteiger partial charge in [0.05, 0.1) is 23.9 Å². The number of carbonyl (C=O) groups is 1. The van der Waals surface area contributed by atoms with Crippen LogP contribution in [0.4, 0.5) is 0 Å². The third kappa shape index (κ3) is 3.49. The predicted molar refractivity (Wildman–Crippen MR) is 92.1 cm³/mol. The number of rotatable bonds is 5. The number of aryl methyl sites for hydroxylation is 1. The molecule has 3 N–H and O–H groups in total. The minimum absolute atomic E-state index is 0.0343. The Morgan fingerprint density at radius 2 is 2.08 bits per heavy atom. The molecule has 1 amide bonds. The molecule has 1 saturated heterocycles.